The molecule has 1 atom stereocenters. The molecule has 0 saturated heterocycles. The lowest BCUT2D eigenvalue weighted by Gasteiger charge is -2.21. The number of rotatable bonds is 11. The summed E-state index contributed by atoms with van der Waals surface area (Å²) in [7, 11) is -0.204. The molecule has 0 saturated carbocycles. The number of methoxy groups -OCH3 is 1. The van der Waals surface area contributed by atoms with Crippen molar-refractivity contribution < 1.29 is 32.6 Å². The van der Waals surface area contributed by atoms with E-state index in [2.05, 4.69) is 4.74 Å². The van der Waals surface area contributed by atoms with Crippen LogP contribution in [0.1, 0.15) is 5.56 Å². The van der Waals surface area contributed by atoms with Gasteiger partial charge < -0.3 is 23.3 Å². The molecule has 7 nitrogen and oxygen atoms in total. The van der Waals surface area contributed by atoms with E-state index in [-0.39, 0.29) is 6.61 Å². The van der Waals surface area contributed by atoms with Crippen LogP contribution in [0.2, 0.25) is 0 Å². The van der Waals surface area contributed by atoms with Crippen molar-refractivity contribution in [3.63, 3.8) is 0 Å². The van der Waals surface area contributed by atoms with Gasteiger partial charge >= 0.3 is 13.6 Å². The molecule has 1 aromatic carbocycles. The number of benzene rings is 1. The van der Waals surface area contributed by atoms with Crippen LogP contribution < -0.4 is 0 Å². The van der Waals surface area contributed by atoms with Crippen LogP contribution in [0, 0.1) is 0 Å². The largest absolute Gasteiger partial charge is 0.467 e. The van der Waals surface area contributed by atoms with Gasteiger partial charge in [-0.3, -0.25) is 4.57 Å². The minimum atomic E-state index is -3.73. The second-order valence-electron chi connectivity index (χ2n) is 4.59. The second-order valence-corrected chi connectivity index (χ2v) is 6.86. The zero-order valence-corrected chi connectivity index (χ0v) is 14.9. The maximum absolute atomic E-state index is 12.3. The maximum Gasteiger partial charge on any atom is 0.370 e. The number of esters is 1. The van der Waals surface area contributed by atoms with Crippen molar-refractivity contribution in [2.75, 3.05) is 34.5 Å². The highest BCUT2D eigenvalue weighted by atomic mass is 31.2. The summed E-state index contributed by atoms with van der Waals surface area (Å²) in [6.07, 6.45) is 3.39. The van der Waals surface area contributed by atoms with Gasteiger partial charge in [-0.15, -0.1) is 0 Å². The molecule has 0 aliphatic rings. The third-order valence-electron chi connectivity index (χ3n) is 3.04. The van der Waals surface area contributed by atoms with E-state index >= 15 is 0 Å². The van der Waals surface area contributed by atoms with Crippen molar-refractivity contribution >= 4 is 13.6 Å². The summed E-state index contributed by atoms with van der Waals surface area (Å²) in [5.41, 5.74) is 1.08. The smallest absolute Gasteiger partial charge is 0.370 e. The van der Waals surface area contributed by atoms with E-state index in [1.54, 1.807) is 12.2 Å². The number of hydrogen-bond donors (Lipinski definition) is 0. The highest BCUT2D eigenvalue weighted by molar-refractivity contribution is 7.55. The molecule has 0 bridgehead atoms. The molecule has 1 unspecified atom stereocenters. The normalized spacial score (nSPS) is 13.1. The predicted octanol–water partition coefficient (Wildman–Crippen LogP) is 2.76. The van der Waals surface area contributed by atoms with Gasteiger partial charge in [-0.1, -0.05) is 42.5 Å². The zero-order valence-electron chi connectivity index (χ0n) is 14.0. The summed E-state index contributed by atoms with van der Waals surface area (Å²) in [5.74, 6) is -2.26. The molecule has 1 aromatic rings. The van der Waals surface area contributed by atoms with Crippen molar-refractivity contribution in [2.45, 2.75) is 12.5 Å². The van der Waals surface area contributed by atoms with Gasteiger partial charge in [0.25, 0.3) is 5.85 Å². The zero-order chi connectivity index (χ0) is 17.8. The summed E-state index contributed by atoms with van der Waals surface area (Å²) < 4.78 is 37.1. The third-order valence-corrected chi connectivity index (χ3v) is 4.99. The Balaban J connectivity index is 2.39. The van der Waals surface area contributed by atoms with Crippen LogP contribution in [-0.4, -0.2) is 46.4 Å². The van der Waals surface area contributed by atoms with E-state index in [0.29, 0.717) is 13.2 Å². The van der Waals surface area contributed by atoms with Gasteiger partial charge in [0.2, 0.25) is 0 Å². The minimum absolute atomic E-state index is 0.0329. The van der Waals surface area contributed by atoms with Crippen molar-refractivity contribution in [2.24, 2.45) is 0 Å². The fourth-order valence-corrected chi connectivity index (χ4v) is 2.92. The predicted molar refractivity (Wildman–Crippen MR) is 88.6 cm³/mol. The van der Waals surface area contributed by atoms with Crippen LogP contribution in [0.25, 0.3) is 0 Å². The fraction of sp³-hybridized carbons (Fsp3) is 0.438. The van der Waals surface area contributed by atoms with Crippen molar-refractivity contribution in [1.29, 1.82) is 0 Å². The lowest BCUT2D eigenvalue weighted by Crippen LogP contribution is -2.27. The monoisotopic (exact) mass is 358 g/mol. The SMILES string of the molecule is COC(=O)C(OC/C=C\COCc1ccccc1)P(=O)(OC)OC. The first-order valence-corrected chi connectivity index (χ1v) is 8.86. The first-order chi connectivity index (χ1) is 11.6. The van der Waals surface area contributed by atoms with E-state index in [4.69, 9.17) is 18.5 Å². The summed E-state index contributed by atoms with van der Waals surface area (Å²) in [6, 6.07) is 9.78. The lowest BCUT2D eigenvalue weighted by atomic mass is 10.2. The van der Waals surface area contributed by atoms with E-state index in [1.165, 1.54) is 21.3 Å². The van der Waals surface area contributed by atoms with Gasteiger partial charge in [0.1, 0.15) is 0 Å². The van der Waals surface area contributed by atoms with E-state index in [0.717, 1.165) is 5.56 Å². The van der Waals surface area contributed by atoms with Crippen LogP contribution >= 0.6 is 7.60 Å². The topological polar surface area (TPSA) is 80.3 Å². The molecule has 0 amide bonds. The van der Waals surface area contributed by atoms with Crippen molar-refractivity contribution in [3.05, 3.63) is 48.0 Å². The number of ether oxygens (including phenoxy) is 3. The Morgan fingerprint density at radius 2 is 1.71 bits per heavy atom. The van der Waals surface area contributed by atoms with Gasteiger partial charge in [0, 0.05) is 14.2 Å². The van der Waals surface area contributed by atoms with E-state index in [1.807, 2.05) is 30.3 Å². The summed E-state index contributed by atoms with van der Waals surface area (Å²) >= 11 is 0. The molecule has 0 radical (unpaired) electrons. The molecule has 0 spiro atoms. The summed E-state index contributed by atoms with van der Waals surface area (Å²) in [4.78, 5) is 11.7. The average Bonchev–Trinajstić information content (AvgIpc) is 2.63. The molecular formula is C16H23O7P. The molecule has 0 N–H and O–H groups in total. The van der Waals surface area contributed by atoms with Crippen molar-refractivity contribution in [3.8, 4) is 0 Å². The fourth-order valence-electron chi connectivity index (χ4n) is 1.76. The van der Waals surface area contributed by atoms with Crippen LogP contribution in [-0.2, 0) is 39.2 Å². The summed E-state index contributed by atoms with van der Waals surface area (Å²) in [6.45, 7) is 0.915. The molecule has 0 aliphatic heterocycles. The molecule has 0 heterocycles. The Kier molecular flexibility index (Phi) is 9.52. The Hall–Kier alpha value is -1.50. The average molecular weight is 358 g/mol. The third kappa shape index (κ3) is 6.55. The highest BCUT2D eigenvalue weighted by Gasteiger charge is 2.41. The first-order valence-electron chi connectivity index (χ1n) is 7.24. The Bertz CT molecular complexity index is 551. The van der Waals surface area contributed by atoms with Crippen LogP contribution in [0.4, 0.5) is 0 Å². The molecule has 0 aromatic heterocycles. The molecule has 134 valence electrons. The van der Waals surface area contributed by atoms with E-state index in [9.17, 15) is 9.36 Å². The van der Waals surface area contributed by atoms with Crippen LogP contribution in [0.15, 0.2) is 42.5 Å². The van der Waals surface area contributed by atoms with Gasteiger partial charge in [-0.2, -0.15) is 0 Å². The quantitative estimate of drug-likeness (QED) is 0.260. The number of hydrogen-bond acceptors (Lipinski definition) is 7. The van der Waals surface area contributed by atoms with Gasteiger partial charge in [0.05, 0.1) is 26.9 Å². The molecular weight excluding hydrogens is 335 g/mol. The van der Waals surface area contributed by atoms with Gasteiger partial charge in [0.15, 0.2) is 0 Å². The molecule has 1 rings (SSSR count). The summed E-state index contributed by atoms with van der Waals surface area (Å²) in [5, 5.41) is 0. The van der Waals surface area contributed by atoms with E-state index < -0.39 is 19.4 Å². The standard InChI is InChI=1S/C16H23O7P/c1-19-15(17)16(24(18,20-2)21-3)23-12-8-7-11-22-13-14-9-5-4-6-10-14/h4-10,16H,11-13H2,1-3H3/b8-7-. The molecule has 24 heavy (non-hydrogen) atoms. The maximum atomic E-state index is 12.3. The van der Waals surface area contributed by atoms with Gasteiger partial charge in [-0.05, 0) is 5.56 Å². The second kappa shape index (κ2) is 11.1. The number of carbonyl (C=O) groups is 1. The Morgan fingerprint density at radius 3 is 2.29 bits per heavy atom. The lowest BCUT2D eigenvalue weighted by molar-refractivity contribution is -0.149. The first kappa shape index (κ1) is 20.5. The van der Waals surface area contributed by atoms with Crippen molar-refractivity contribution in [1.82, 2.24) is 0 Å². The van der Waals surface area contributed by atoms with Gasteiger partial charge in [-0.25, -0.2) is 4.79 Å². The van der Waals surface area contributed by atoms with Crippen LogP contribution in [0.5, 0.6) is 0 Å². The number of carbonyl (C=O) groups excluding carboxylic acids is 1. The molecule has 0 fully saturated rings. The highest BCUT2D eigenvalue weighted by Crippen LogP contribution is 2.52. The minimum Gasteiger partial charge on any atom is -0.467 e. The Morgan fingerprint density at radius 1 is 1.08 bits per heavy atom. The molecule has 0 aliphatic carbocycles. The Labute approximate surface area is 142 Å². The molecule has 8 heteroatoms. The van der Waals surface area contributed by atoms with Crippen LogP contribution in [0.3, 0.4) is 0 Å².